The number of hydrogen-bond acceptors (Lipinski definition) is 2. The highest BCUT2D eigenvalue weighted by Crippen LogP contribution is 2.33. The highest BCUT2D eigenvalue weighted by atomic mass is 14.9. The number of benzene rings is 2. The molecule has 1 fully saturated rings. The van der Waals surface area contributed by atoms with Crippen molar-refractivity contribution in [2.45, 2.75) is 46.5 Å². The Hall–Kier alpha value is -1.90. The summed E-state index contributed by atoms with van der Waals surface area (Å²) < 4.78 is 0. The Bertz CT molecular complexity index is 661. The molecule has 0 saturated carbocycles. The van der Waals surface area contributed by atoms with Crippen LogP contribution in [0.1, 0.15) is 55.4 Å². The van der Waals surface area contributed by atoms with E-state index in [1.54, 1.807) is 0 Å². The lowest BCUT2D eigenvalue weighted by Crippen LogP contribution is -2.36. The minimum absolute atomic E-state index is 0.663. The van der Waals surface area contributed by atoms with Crippen LogP contribution in [-0.4, -0.2) is 20.1 Å². The van der Waals surface area contributed by atoms with Crippen molar-refractivity contribution in [3.05, 3.63) is 76.9 Å². The summed E-state index contributed by atoms with van der Waals surface area (Å²) in [7, 11) is 1.50. The van der Waals surface area contributed by atoms with Crippen LogP contribution in [0.25, 0.3) is 6.08 Å². The minimum atomic E-state index is 0.663. The van der Waals surface area contributed by atoms with E-state index < -0.39 is 0 Å². The molecule has 2 heteroatoms. The molecule has 3 N–H and O–H groups in total. The molecular formula is C25H38N2. The third-order valence-electron chi connectivity index (χ3n) is 5.07. The van der Waals surface area contributed by atoms with Crippen LogP contribution < -0.4 is 11.1 Å². The molecule has 3 rings (SSSR count). The van der Waals surface area contributed by atoms with Gasteiger partial charge in [-0.05, 0) is 80.9 Å². The number of nitrogens with two attached hydrogens (primary N) is 1. The Labute approximate surface area is 166 Å². The quantitative estimate of drug-likeness (QED) is 0.743. The van der Waals surface area contributed by atoms with Crippen molar-refractivity contribution >= 4 is 6.08 Å². The average Bonchev–Trinajstić information content (AvgIpc) is 2.75. The zero-order valence-electron chi connectivity index (χ0n) is 17.8. The van der Waals surface area contributed by atoms with E-state index in [0.717, 1.165) is 19.5 Å². The molecule has 148 valence electrons. The van der Waals surface area contributed by atoms with Gasteiger partial charge >= 0.3 is 0 Å². The molecule has 1 heterocycles. The average molecular weight is 367 g/mol. The Morgan fingerprint density at radius 2 is 1.74 bits per heavy atom. The number of hydrogen-bond donors (Lipinski definition) is 2. The smallest absolute Gasteiger partial charge is 0.00115 e. The SMILES string of the molecule is C/C=C\c1c(C)cccc1CC1CNCCC1c1ccccc1.CC.CN. The van der Waals surface area contributed by atoms with Crippen molar-refractivity contribution in [1.29, 1.82) is 0 Å². The molecule has 0 aromatic heterocycles. The number of aryl methyl sites for hydroxylation is 1. The first-order valence-electron chi connectivity index (χ1n) is 10.3. The van der Waals surface area contributed by atoms with Gasteiger partial charge in [-0.25, -0.2) is 0 Å². The molecule has 2 unspecified atom stereocenters. The van der Waals surface area contributed by atoms with Gasteiger partial charge < -0.3 is 11.1 Å². The van der Waals surface area contributed by atoms with Crippen LogP contribution in [-0.2, 0) is 6.42 Å². The molecule has 0 aliphatic carbocycles. The Morgan fingerprint density at radius 3 is 2.41 bits per heavy atom. The molecule has 0 radical (unpaired) electrons. The lowest BCUT2D eigenvalue weighted by atomic mass is 9.77. The van der Waals surface area contributed by atoms with E-state index in [9.17, 15) is 0 Å². The second-order valence-electron chi connectivity index (χ2n) is 6.62. The summed E-state index contributed by atoms with van der Waals surface area (Å²) in [5.74, 6) is 1.33. The Kier molecular flexibility index (Phi) is 11.4. The van der Waals surface area contributed by atoms with Gasteiger partial charge in [-0.2, -0.15) is 0 Å². The monoisotopic (exact) mass is 366 g/mol. The maximum Gasteiger partial charge on any atom is -0.00115 e. The largest absolute Gasteiger partial charge is 0.333 e. The number of nitrogens with one attached hydrogen (secondary N) is 1. The first-order valence-corrected chi connectivity index (χ1v) is 10.3. The topological polar surface area (TPSA) is 38.0 Å². The normalized spacial score (nSPS) is 18.9. The maximum atomic E-state index is 4.50. The summed E-state index contributed by atoms with van der Waals surface area (Å²) in [4.78, 5) is 0. The van der Waals surface area contributed by atoms with E-state index in [0.29, 0.717) is 11.8 Å². The standard InChI is InChI=1S/C22H27N.C2H6.CH5N/c1-3-8-21-17(2)9-7-12-19(21)15-20-16-23-14-13-22(20)18-10-5-4-6-11-18;2*1-2/h3-12,20,22-23H,13-16H2,1-2H3;1-2H3;2H2,1H3/b8-3-;;. The molecule has 27 heavy (non-hydrogen) atoms. The Morgan fingerprint density at radius 1 is 1.04 bits per heavy atom. The van der Waals surface area contributed by atoms with Gasteiger partial charge in [0.1, 0.15) is 0 Å². The zero-order chi connectivity index (χ0) is 20.1. The number of piperidine rings is 1. The van der Waals surface area contributed by atoms with Crippen molar-refractivity contribution in [3.8, 4) is 0 Å². The number of rotatable bonds is 4. The number of allylic oxidation sites excluding steroid dienone is 1. The van der Waals surface area contributed by atoms with Crippen molar-refractivity contribution < 1.29 is 0 Å². The molecule has 2 aromatic rings. The van der Waals surface area contributed by atoms with Crippen LogP contribution in [0.15, 0.2) is 54.6 Å². The van der Waals surface area contributed by atoms with Crippen molar-refractivity contribution in [1.82, 2.24) is 5.32 Å². The molecule has 1 aliphatic rings. The first kappa shape index (κ1) is 23.1. The summed E-state index contributed by atoms with van der Waals surface area (Å²) in [6, 6.07) is 17.8. The second-order valence-corrected chi connectivity index (χ2v) is 6.62. The van der Waals surface area contributed by atoms with Crippen molar-refractivity contribution in [3.63, 3.8) is 0 Å². The molecule has 1 aliphatic heterocycles. The summed E-state index contributed by atoms with van der Waals surface area (Å²) in [6.45, 7) is 10.6. The lowest BCUT2D eigenvalue weighted by molar-refractivity contribution is 0.324. The molecular weight excluding hydrogens is 328 g/mol. The van der Waals surface area contributed by atoms with E-state index in [-0.39, 0.29) is 0 Å². The fraction of sp³-hybridized carbons (Fsp3) is 0.440. The van der Waals surface area contributed by atoms with E-state index in [1.165, 1.54) is 35.7 Å². The van der Waals surface area contributed by atoms with Crippen LogP contribution in [0.4, 0.5) is 0 Å². The van der Waals surface area contributed by atoms with Crippen LogP contribution in [0.2, 0.25) is 0 Å². The van der Waals surface area contributed by atoms with Gasteiger partial charge in [0.2, 0.25) is 0 Å². The van der Waals surface area contributed by atoms with Gasteiger partial charge in [-0.1, -0.05) is 74.5 Å². The van der Waals surface area contributed by atoms with Crippen molar-refractivity contribution in [2.75, 3.05) is 20.1 Å². The Balaban J connectivity index is 0.000000855. The molecule has 1 saturated heterocycles. The van der Waals surface area contributed by atoms with Gasteiger partial charge in [0, 0.05) is 0 Å². The van der Waals surface area contributed by atoms with Gasteiger partial charge in [0.05, 0.1) is 0 Å². The fourth-order valence-corrected chi connectivity index (χ4v) is 3.88. The predicted octanol–water partition coefficient (Wildman–Crippen LogP) is 5.57. The zero-order valence-corrected chi connectivity index (χ0v) is 17.8. The van der Waals surface area contributed by atoms with Crippen LogP contribution in [0.5, 0.6) is 0 Å². The van der Waals surface area contributed by atoms with Crippen molar-refractivity contribution in [2.24, 2.45) is 11.7 Å². The third kappa shape index (κ3) is 6.64. The lowest BCUT2D eigenvalue weighted by Gasteiger charge is -2.33. The van der Waals surface area contributed by atoms with E-state index in [2.05, 4.69) is 85.6 Å². The summed E-state index contributed by atoms with van der Waals surface area (Å²) in [5, 5.41) is 3.60. The second kappa shape index (κ2) is 13.3. The van der Waals surface area contributed by atoms with Crippen LogP contribution in [0.3, 0.4) is 0 Å². The van der Waals surface area contributed by atoms with Gasteiger partial charge in [-0.3, -0.25) is 0 Å². The van der Waals surface area contributed by atoms with E-state index in [4.69, 9.17) is 0 Å². The first-order chi connectivity index (χ1) is 13.3. The van der Waals surface area contributed by atoms with E-state index >= 15 is 0 Å². The highest BCUT2D eigenvalue weighted by Gasteiger charge is 2.26. The summed E-state index contributed by atoms with van der Waals surface area (Å²) in [5.41, 5.74) is 10.3. The fourth-order valence-electron chi connectivity index (χ4n) is 3.88. The third-order valence-corrected chi connectivity index (χ3v) is 5.07. The molecule has 0 spiro atoms. The van der Waals surface area contributed by atoms with Crippen LogP contribution >= 0.6 is 0 Å². The summed E-state index contributed by atoms with van der Waals surface area (Å²) >= 11 is 0. The predicted molar refractivity (Wildman–Crippen MR) is 121 cm³/mol. The van der Waals surface area contributed by atoms with Gasteiger partial charge in [0.15, 0.2) is 0 Å². The van der Waals surface area contributed by atoms with Gasteiger partial charge in [-0.15, -0.1) is 0 Å². The molecule has 2 aromatic carbocycles. The van der Waals surface area contributed by atoms with E-state index in [1.807, 2.05) is 13.8 Å². The molecule has 2 atom stereocenters. The maximum absolute atomic E-state index is 4.50. The van der Waals surface area contributed by atoms with Crippen LogP contribution in [0, 0.1) is 12.8 Å². The molecule has 2 nitrogen and oxygen atoms in total. The molecule has 0 bridgehead atoms. The molecule has 0 amide bonds. The summed E-state index contributed by atoms with van der Waals surface area (Å²) in [6.07, 6.45) is 6.80. The minimum Gasteiger partial charge on any atom is -0.333 e. The van der Waals surface area contributed by atoms with Gasteiger partial charge in [0.25, 0.3) is 0 Å². The highest BCUT2D eigenvalue weighted by molar-refractivity contribution is 5.57.